The molecule has 1 atom stereocenters. The molecule has 1 unspecified atom stereocenters. The maximum Gasteiger partial charge on any atom is 0.255 e. The molecule has 0 aliphatic rings. The molecule has 0 spiro atoms. The van der Waals surface area contributed by atoms with Gasteiger partial charge in [-0.15, -0.1) is 0 Å². The molecule has 0 saturated heterocycles. The summed E-state index contributed by atoms with van der Waals surface area (Å²) in [6.45, 7) is 6.47. The Hall–Kier alpha value is -1.71. The van der Waals surface area contributed by atoms with E-state index in [0.29, 0.717) is 23.2 Å². The number of amides is 1. The summed E-state index contributed by atoms with van der Waals surface area (Å²) in [5, 5.41) is 3.45. The molecular weight excluding hydrogens is 238 g/mol. The molecule has 0 aliphatic carbocycles. The lowest BCUT2D eigenvalue weighted by molar-refractivity contribution is 0.0828. The van der Waals surface area contributed by atoms with Crippen molar-refractivity contribution in [2.45, 2.75) is 33.2 Å². The van der Waals surface area contributed by atoms with E-state index in [1.807, 2.05) is 6.07 Å². The number of nitrogens with zero attached hydrogens (tertiary/aromatic N) is 1. The van der Waals surface area contributed by atoms with Crippen molar-refractivity contribution in [2.75, 3.05) is 25.1 Å². The van der Waals surface area contributed by atoms with Gasteiger partial charge in [-0.2, -0.15) is 0 Å². The summed E-state index contributed by atoms with van der Waals surface area (Å²) in [6, 6.07) is 5.71. The molecule has 1 aromatic rings. The lowest BCUT2D eigenvalue weighted by atomic mass is 10.0. The van der Waals surface area contributed by atoms with E-state index >= 15 is 0 Å². The first kappa shape index (κ1) is 15.3. The summed E-state index contributed by atoms with van der Waals surface area (Å²) in [7, 11) is 3.50. The van der Waals surface area contributed by atoms with Gasteiger partial charge in [-0.05, 0) is 30.5 Å². The van der Waals surface area contributed by atoms with Crippen LogP contribution in [0, 0.1) is 5.92 Å². The number of nitrogens with one attached hydrogen (secondary N) is 1. The number of carbonyl (C=O) groups excluding carboxylic acids is 1. The molecule has 1 amide bonds. The Morgan fingerprint density at radius 1 is 1.37 bits per heavy atom. The predicted octanol–water partition coefficient (Wildman–Crippen LogP) is 2.82. The van der Waals surface area contributed by atoms with E-state index in [-0.39, 0.29) is 5.91 Å². The molecule has 1 rings (SSSR count). The minimum absolute atomic E-state index is 0.0129. The van der Waals surface area contributed by atoms with Gasteiger partial charge >= 0.3 is 0 Å². The second-order valence-electron chi connectivity index (χ2n) is 5.41. The van der Waals surface area contributed by atoms with Gasteiger partial charge in [0, 0.05) is 31.5 Å². The average molecular weight is 263 g/mol. The van der Waals surface area contributed by atoms with Crippen molar-refractivity contribution < 1.29 is 4.79 Å². The molecule has 0 heterocycles. The van der Waals surface area contributed by atoms with E-state index < -0.39 is 0 Å². The molecule has 19 heavy (non-hydrogen) atoms. The molecule has 0 aromatic heterocycles. The van der Waals surface area contributed by atoms with Crippen LogP contribution >= 0.6 is 0 Å². The number of nitrogen functional groups attached to an aromatic ring is 1. The van der Waals surface area contributed by atoms with Gasteiger partial charge < -0.3 is 16.0 Å². The van der Waals surface area contributed by atoms with Gasteiger partial charge in [-0.3, -0.25) is 4.79 Å². The highest BCUT2D eigenvalue weighted by Crippen LogP contribution is 2.23. The van der Waals surface area contributed by atoms with E-state index in [4.69, 9.17) is 5.73 Å². The van der Waals surface area contributed by atoms with Gasteiger partial charge in [0.15, 0.2) is 0 Å². The topological polar surface area (TPSA) is 58.4 Å². The number of hydrogen-bond acceptors (Lipinski definition) is 3. The average Bonchev–Trinajstić information content (AvgIpc) is 2.34. The summed E-state index contributed by atoms with van der Waals surface area (Å²) in [4.78, 5) is 13.7. The fourth-order valence-corrected chi connectivity index (χ4v) is 2.05. The second-order valence-corrected chi connectivity index (χ2v) is 5.41. The van der Waals surface area contributed by atoms with E-state index in [1.165, 1.54) is 0 Å². The summed E-state index contributed by atoms with van der Waals surface area (Å²) in [5.74, 6) is 0.481. The van der Waals surface area contributed by atoms with Crippen LogP contribution in [0.4, 0.5) is 11.4 Å². The first-order valence-electron chi connectivity index (χ1n) is 6.74. The minimum atomic E-state index is -0.0129. The first-order chi connectivity index (χ1) is 8.86. The Labute approximate surface area is 116 Å². The van der Waals surface area contributed by atoms with E-state index in [1.54, 1.807) is 31.1 Å². The Morgan fingerprint density at radius 3 is 2.47 bits per heavy atom. The first-order valence-corrected chi connectivity index (χ1v) is 6.74. The highest BCUT2D eigenvalue weighted by Gasteiger charge is 2.17. The van der Waals surface area contributed by atoms with Crippen molar-refractivity contribution in [3.8, 4) is 0 Å². The summed E-state index contributed by atoms with van der Waals surface area (Å²) < 4.78 is 0. The zero-order valence-electron chi connectivity index (χ0n) is 12.5. The molecule has 4 nitrogen and oxygen atoms in total. The van der Waals surface area contributed by atoms with Gasteiger partial charge in [0.1, 0.15) is 0 Å². The normalized spacial score (nSPS) is 12.3. The monoisotopic (exact) mass is 263 g/mol. The number of hydrogen-bond donors (Lipinski definition) is 2. The maximum absolute atomic E-state index is 12.2. The summed E-state index contributed by atoms with van der Waals surface area (Å²) in [5.41, 5.74) is 7.98. The smallest absolute Gasteiger partial charge is 0.255 e. The van der Waals surface area contributed by atoms with Crippen molar-refractivity contribution in [2.24, 2.45) is 5.92 Å². The molecule has 106 valence electrons. The van der Waals surface area contributed by atoms with Crippen LogP contribution in [-0.4, -0.2) is 30.9 Å². The fraction of sp³-hybridized carbons (Fsp3) is 0.533. The highest BCUT2D eigenvalue weighted by molar-refractivity contribution is 6.00. The van der Waals surface area contributed by atoms with Gasteiger partial charge in [-0.1, -0.05) is 20.8 Å². The van der Waals surface area contributed by atoms with Crippen LogP contribution in [0.15, 0.2) is 18.2 Å². The lowest BCUT2D eigenvalue weighted by Crippen LogP contribution is -2.28. The Bertz CT molecular complexity index is 441. The van der Waals surface area contributed by atoms with Crippen LogP contribution < -0.4 is 11.1 Å². The second kappa shape index (κ2) is 6.45. The largest absolute Gasteiger partial charge is 0.399 e. The third kappa shape index (κ3) is 3.88. The zero-order chi connectivity index (χ0) is 14.6. The Balaban J connectivity index is 3.10. The summed E-state index contributed by atoms with van der Waals surface area (Å²) in [6.07, 6.45) is 1.00. The van der Waals surface area contributed by atoms with Crippen molar-refractivity contribution in [1.29, 1.82) is 0 Å². The van der Waals surface area contributed by atoms with Crippen molar-refractivity contribution in [3.63, 3.8) is 0 Å². The number of nitrogens with two attached hydrogens (primary N) is 1. The third-order valence-electron chi connectivity index (χ3n) is 3.27. The van der Waals surface area contributed by atoms with E-state index in [2.05, 4.69) is 26.1 Å². The standard InChI is InChI=1S/C15H25N3O/c1-6-13(10(2)3)17-14-9-11(16)7-8-12(14)15(19)18(4)5/h7-10,13,17H,6,16H2,1-5H3. The number of carbonyl (C=O) groups is 1. The third-order valence-corrected chi connectivity index (χ3v) is 3.27. The summed E-state index contributed by atoms with van der Waals surface area (Å²) >= 11 is 0. The molecule has 0 saturated carbocycles. The van der Waals surface area contributed by atoms with Crippen molar-refractivity contribution in [1.82, 2.24) is 4.90 Å². The number of benzene rings is 1. The van der Waals surface area contributed by atoms with Crippen LogP contribution in [0.5, 0.6) is 0 Å². The molecule has 0 radical (unpaired) electrons. The van der Waals surface area contributed by atoms with E-state index in [0.717, 1.165) is 12.1 Å². The molecule has 3 N–H and O–H groups in total. The van der Waals surface area contributed by atoms with E-state index in [9.17, 15) is 4.79 Å². The van der Waals surface area contributed by atoms with Crippen LogP contribution in [0.1, 0.15) is 37.6 Å². The van der Waals surface area contributed by atoms with Crippen LogP contribution in [0.2, 0.25) is 0 Å². The predicted molar refractivity (Wildman–Crippen MR) is 81.4 cm³/mol. The van der Waals surface area contributed by atoms with Gasteiger partial charge in [0.05, 0.1) is 5.56 Å². The molecule has 0 aliphatic heterocycles. The Kier molecular flexibility index (Phi) is 5.21. The van der Waals surface area contributed by atoms with Gasteiger partial charge in [-0.25, -0.2) is 0 Å². The number of rotatable bonds is 5. The lowest BCUT2D eigenvalue weighted by Gasteiger charge is -2.24. The fourth-order valence-electron chi connectivity index (χ4n) is 2.05. The molecule has 4 heteroatoms. The maximum atomic E-state index is 12.2. The van der Waals surface area contributed by atoms with Crippen LogP contribution in [0.25, 0.3) is 0 Å². The zero-order valence-corrected chi connectivity index (χ0v) is 12.5. The van der Waals surface area contributed by atoms with Crippen LogP contribution in [0.3, 0.4) is 0 Å². The SMILES string of the molecule is CCC(Nc1cc(N)ccc1C(=O)N(C)C)C(C)C. The van der Waals surface area contributed by atoms with Crippen molar-refractivity contribution >= 4 is 17.3 Å². The Morgan fingerprint density at radius 2 is 2.00 bits per heavy atom. The molecular formula is C15H25N3O. The van der Waals surface area contributed by atoms with Gasteiger partial charge in [0.25, 0.3) is 5.91 Å². The quantitative estimate of drug-likeness (QED) is 0.803. The van der Waals surface area contributed by atoms with Gasteiger partial charge in [0.2, 0.25) is 0 Å². The molecule has 0 fully saturated rings. The number of anilines is 2. The van der Waals surface area contributed by atoms with Crippen LogP contribution in [-0.2, 0) is 0 Å². The molecule has 0 bridgehead atoms. The molecule has 1 aromatic carbocycles. The highest BCUT2D eigenvalue weighted by atomic mass is 16.2. The minimum Gasteiger partial charge on any atom is -0.399 e. The van der Waals surface area contributed by atoms with Crippen molar-refractivity contribution in [3.05, 3.63) is 23.8 Å².